The number of carbonyl (C=O) groups is 2. The summed E-state index contributed by atoms with van der Waals surface area (Å²) in [6.07, 6.45) is 5.04. The van der Waals surface area contributed by atoms with Gasteiger partial charge in [-0.25, -0.2) is 4.79 Å². The molecule has 0 bridgehead atoms. The Balaban J connectivity index is 2.52. The predicted octanol–water partition coefficient (Wildman–Crippen LogP) is 3.74. The minimum absolute atomic E-state index is 0.131. The molecule has 21 heavy (non-hydrogen) atoms. The Bertz CT molecular complexity index is 531. The molecule has 0 amide bonds. The first-order chi connectivity index (χ1) is 10.0. The smallest absolute Gasteiger partial charge is 0.372 e. The van der Waals surface area contributed by atoms with Gasteiger partial charge >= 0.3 is 5.97 Å². The van der Waals surface area contributed by atoms with Gasteiger partial charge in [-0.1, -0.05) is 51.0 Å². The van der Waals surface area contributed by atoms with Crippen LogP contribution in [0.25, 0.3) is 0 Å². The van der Waals surface area contributed by atoms with E-state index in [0.29, 0.717) is 5.92 Å². The predicted molar refractivity (Wildman–Crippen MR) is 82.4 cm³/mol. The van der Waals surface area contributed by atoms with E-state index in [1.165, 1.54) is 11.1 Å². The molecule has 1 aliphatic rings. The van der Waals surface area contributed by atoms with Gasteiger partial charge in [-0.05, 0) is 36.3 Å². The second-order valence-electron chi connectivity index (χ2n) is 6.09. The lowest BCUT2D eigenvalue weighted by Gasteiger charge is -2.44. The lowest BCUT2D eigenvalue weighted by molar-refractivity contribution is -0.150. The highest BCUT2D eigenvalue weighted by Crippen LogP contribution is 2.48. The van der Waals surface area contributed by atoms with Crippen LogP contribution < -0.4 is 0 Å². The van der Waals surface area contributed by atoms with Crippen molar-refractivity contribution in [1.82, 2.24) is 0 Å². The van der Waals surface area contributed by atoms with Crippen LogP contribution in [0.3, 0.4) is 0 Å². The standard InChI is InChI=1S/C18H24O3/c1-3-14(4-2)18(12-16(19)17(20)21)11-7-9-13-8-5-6-10-15(13)18/h5-6,8,10,14H,3-4,7,9,11-12H2,1-2H3,(H,20,21)/t18-/m1/s1. The summed E-state index contributed by atoms with van der Waals surface area (Å²) >= 11 is 0. The molecule has 3 heteroatoms. The Labute approximate surface area is 126 Å². The van der Waals surface area contributed by atoms with Gasteiger partial charge in [0.25, 0.3) is 0 Å². The molecule has 1 aromatic carbocycles. The van der Waals surface area contributed by atoms with Crippen LogP contribution in [0.2, 0.25) is 0 Å². The van der Waals surface area contributed by atoms with Crippen molar-refractivity contribution in [2.75, 3.05) is 0 Å². The first-order valence-electron chi connectivity index (χ1n) is 7.89. The van der Waals surface area contributed by atoms with E-state index in [1.807, 2.05) is 12.1 Å². The zero-order valence-electron chi connectivity index (χ0n) is 12.9. The normalized spacial score (nSPS) is 21.1. The summed E-state index contributed by atoms with van der Waals surface area (Å²) in [5, 5.41) is 9.05. The van der Waals surface area contributed by atoms with Crippen molar-refractivity contribution in [2.45, 2.75) is 57.8 Å². The summed E-state index contributed by atoms with van der Waals surface area (Å²) in [6.45, 7) is 4.27. The van der Waals surface area contributed by atoms with Crippen molar-refractivity contribution < 1.29 is 14.7 Å². The first kappa shape index (κ1) is 15.7. The molecule has 1 aliphatic carbocycles. The van der Waals surface area contributed by atoms with Crippen molar-refractivity contribution in [3.05, 3.63) is 35.4 Å². The number of fused-ring (bicyclic) bond motifs is 1. The molecule has 2 rings (SSSR count). The summed E-state index contributed by atoms with van der Waals surface area (Å²) in [5.74, 6) is -1.61. The molecule has 0 saturated carbocycles. The van der Waals surface area contributed by atoms with Crippen LogP contribution in [-0.4, -0.2) is 16.9 Å². The molecule has 3 nitrogen and oxygen atoms in total. The molecule has 1 aromatic rings. The van der Waals surface area contributed by atoms with Crippen molar-refractivity contribution in [3.63, 3.8) is 0 Å². The van der Waals surface area contributed by atoms with Gasteiger partial charge in [-0.15, -0.1) is 0 Å². The number of carboxylic acid groups (broad SMARTS) is 1. The largest absolute Gasteiger partial charge is 0.476 e. The molecule has 0 fully saturated rings. The van der Waals surface area contributed by atoms with Gasteiger partial charge in [0, 0.05) is 11.8 Å². The van der Waals surface area contributed by atoms with Crippen LogP contribution in [-0.2, 0) is 21.4 Å². The van der Waals surface area contributed by atoms with E-state index in [-0.39, 0.29) is 11.8 Å². The summed E-state index contributed by atoms with van der Waals surface area (Å²) in [6, 6.07) is 8.26. The molecule has 114 valence electrons. The number of hydrogen-bond donors (Lipinski definition) is 1. The van der Waals surface area contributed by atoms with Crippen LogP contribution in [0, 0.1) is 5.92 Å². The molecule has 0 spiro atoms. The highest BCUT2D eigenvalue weighted by atomic mass is 16.4. The zero-order chi connectivity index (χ0) is 15.5. The van der Waals surface area contributed by atoms with Crippen molar-refractivity contribution >= 4 is 11.8 Å². The number of aliphatic carboxylic acids is 1. The van der Waals surface area contributed by atoms with Crippen LogP contribution in [0.15, 0.2) is 24.3 Å². The highest BCUT2D eigenvalue weighted by Gasteiger charge is 2.44. The molecule has 0 saturated heterocycles. The molecular formula is C18H24O3. The van der Waals surface area contributed by atoms with Gasteiger partial charge in [0.15, 0.2) is 0 Å². The lowest BCUT2D eigenvalue weighted by atomic mass is 9.59. The van der Waals surface area contributed by atoms with E-state index < -0.39 is 11.8 Å². The maximum absolute atomic E-state index is 12.0. The Morgan fingerprint density at radius 3 is 2.52 bits per heavy atom. The summed E-state index contributed by atoms with van der Waals surface area (Å²) in [7, 11) is 0. The molecule has 1 N–H and O–H groups in total. The SMILES string of the molecule is CCC(CC)[C@]1(CC(=O)C(=O)O)CCCc2ccccc21. The number of benzene rings is 1. The maximum Gasteiger partial charge on any atom is 0.372 e. The average Bonchev–Trinajstić information content (AvgIpc) is 2.48. The highest BCUT2D eigenvalue weighted by molar-refractivity contribution is 6.32. The first-order valence-corrected chi connectivity index (χ1v) is 7.89. The summed E-state index contributed by atoms with van der Waals surface area (Å²) in [5.41, 5.74) is 2.20. The van der Waals surface area contributed by atoms with Crippen LogP contribution >= 0.6 is 0 Å². The number of aryl methyl sites for hydroxylation is 1. The van der Waals surface area contributed by atoms with Gasteiger partial charge in [0.1, 0.15) is 0 Å². The summed E-state index contributed by atoms with van der Waals surface area (Å²) < 4.78 is 0. The average molecular weight is 288 g/mol. The Kier molecular flexibility index (Phi) is 4.81. The number of carboxylic acids is 1. The van der Waals surface area contributed by atoms with Crippen molar-refractivity contribution in [3.8, 4) is 0 Å². The van der Waals surface area contributed by atoms with E-state index in [9.17, 15) is 9.59 Å². The van der Waals surface area contributed by atoms with E-state index in [1.54, 1.807) is 0 Å². The molecule has 0 aliphatic heterocycles. The Morgan fingerprint density at radius 2 is 1.90 bits per heavy atom. The Morgan fingerprint density at radius 1 is 1.24 bits per heavy atom. The third-order valence-corrected chi connectivity index (χ3v) is 5.10. The fourth-order valence-corrected chi connectivity index (χ4v) is 4.14. The molecule has 0 heterocycles. The summed E-state index contributed by atoms with van der Waals surface area (Å²) in [4.78, 5) is 23.0. The molecule has 1 atom stereocenters. The van der Waals surface area contributed by atoms with E-state index in [4.69, 9.17) is 5.11 Å². The number of carbonyl (C=O) groups excluding carboxylic acids is 1. The number of rotatable bonds is 6. The second-order valence-corrected chi connectivity index (χ2v) is 6.09. The fraction of sp³-hybridized carbons (Fsp3) is 0.556. The maximum atomic E-state index is 12.0. The Hall–Kier alpha value is -1.64. The van der Waals surface area contributed by atoms with Crippen molar-refractivity contribution in [2.24, 2.45) is 5.92 Å². The monoisotopic (exact) mass is 288 g/mol. The van der Waals surface area contributed by atoms with Crippen molar-refractivity contribution in [1.29, 1.82) is 0 Å². The fourth-order valence-electron chi connectivity index (χ4n) is 4.14. The van der Waals surface area contributed by atoms with Gasteiger partial charge in [-0.3, -0.25) is 4.79 Å². The van der Waals surface area contributed by atoms with E-state index in [0.717, 1.165) is 32.1 Å². The van der Waals surface area contributed by atoms with Gasteiger partial charge in [0.05, 0.1) is 0 Å². The lowest BCUT2D eigenvalue weighted by Crippen LogP contribution is -2.41. The zero-order valence-corrected chi connectivity index (χ0v) is 12.9. The third kappa shape index (κ3) is 2.87. The van der Waals surface area contributed by atoms with Crippen LogP contribution in [0.4, 0.5) is 0 Å². The molecule has 0 unspecified atom stereocenters. The quantitative estimate of drug-likeness (QED) is 0.811. The number of Topliss-reactive ketones (excluding diaryl/α,β-unsaturated/α-hetero) is 1. The molecule has 0 aromatic heterocycles. The van der Waals surface area contributed by atoms with Gasteiger partial charge in [0.2, 0.25) is 5.78 Å². The van der Waals surface area contributed by atoms with Crippen LogP contribution in [0.1, 0.15) is 57.1 Å². The minimum Gasteiger partial charge on any atom is -0.476 e. The third-order valence-electron chi connectivity index (χ3n) is 5.10. The van der Waals surface area contributed by atoms with E-state index >= 15 is 0 Å². The van der Waals surface area contributed by atoms with Crippen LogP contribution in [0.5, 0.6) is 0 Å². The number of hydrogen-bond acceptors (Lipinski definition) is 2. The molecular weight excluding hydrogens is 264 g/mol. The van der Waals surface area contributed by atoms with Gasteiger partial charge < -0.3 is 5.11 Å². The topological polar surface area (TPSA) is 54.4 Å². The number of ketones is 1. The van der Waals surface area contributed by atoms with Gasteiger partial charge in [-0.2, -0.15) is 0 Å². The minimum atomic E-state index is -1.30. The molecule has 0 radical (unpaired) electrons. The second kappa shape index (κ2) is 6.42. The van der Waals surface area contributed by atoms with E-state index in [2.05, 4.69) is 26.0 Å².